The summed E-state index contributed by atoms with van der Waals surface area (Å²) in [6, 6.07) is 3.79. The summed E-state index contributed by atoms with van der Waals surface area (Å²) >= 11 is 4.92. The first-order valence-electron chi connectivity index (χ1n) is 3.81. The van der Waals surface area contributed by atoms with E-state index >= 15 is 0 Å². The van der Waals surface area contributed by atoms with Gasteiger partial charge in [0, 0.05) is 19.4 Å². The van der Waals surface area contributed by atoms with E-state index < -0.39 is 0 Å². The average Bonchev–Trinajstić information content (AvgIpc) is 2.51. The van der Waals surface area contributed by atoms with Crippen LogP contribution in [0.1, 0.15) is 0 Å². The second-order valence-corrected chi connectivity index (χ2v) is 3.02. The molecule has 0 saturated carbocycles. The molecule has 0 saturated heterocycles. The number of hydrogen-bond donors (Lipinski definition) is 1. The van der Waals surface area contributed by atoms with Gasteiger partial charge in [-0.3, -0.25) is 4.68 Å². The Morgan fingerprint density at radius 2 is 2.23 bits per heavy atom. The lowest BCUT2D eigenvalue weighted by Gasteiger charge is -2.00. The first-order valence-corrected chi connectivity index (χ1v) is 4.22. The van der Waals surface area contributed by atoms with Crippen LogP contribution >= 0.6 is 12.2 Å². The quantitative estimate of drug-likeness (QED) is 0.697. The van der Waals surface area contributed by atoms with Crippen molar-refractivity contribution in [3.8, 4) is 11.4 Å². The molecule has 2 aromatic rings. The van der Waals surface area contributed by atoms with Crippen molar-refractivity contribution in [2.45, 2.75) is 0 Å². The van der Waals surface area contributed by atoms with Gasteiger partial charge in [-0.25, -0.2) is 4.98 Å². The van der Waals surface area contributed by atoms with Crippen molar-refractivity contribution < 1.29 is 0 Å². The molecule has 0 fully saturated rings. The molecule has 0 aliphatic carbocycles. The van der Waals surface area contributed by atoms with Gasteiger partial charge in [0.1, 0.15) is 0 Å². The van der Waals surface area contributed by atoms with Crippen molar-refractivity contribution in [1.82, 2.24) is 19.7 Å². The monoisotopic (exact) mass is 192 g/mol. The number of aromatic nitrogens is 4. The third-order valence-corrected chi connectivity index (χ3v) is 1.98. The van der Waals surface area contributed by atoms with E-state index in [1.54, 1.807) is 17.1 Å². The molecule has 0 aromatic carbocycles. The van der Waals surface area contributed by atoms with Crippen LogP contribution in [0.15, 0.2) is 24.5 Å². The predicted molar refractivity (Wildman–Crippen MR) is 51.6 cm³/mol. The Bertz CT molecular complexity index is 471. The minimum absolute atomic E-state index is 0.485. The molecule has 2 aromatic heterocycles. The molecule has 1 N–H and O–H groups in total. The standard InChI is InChI=1S/C8H8N4S/c1-12-7(3-5-10-12)6-2-4-9-8(13)11-6/h2-5H,1H3,(H,9,11,13). The van der Waals surface area contributed by atoms with E-state index in [-0.39, 0.29) is 0 Å². The number of aryl methyl sites for hydroxylation is 1. The summed E-state index contributed by atoms with van der Waals surface area (Å²) < 4.78 is 2.26. The van der Waals surface area contributed by atoms with E-state index in [9.17, 15) is 0 Å². The molecular formula is C8H8N4S. The Morgan fingerprint density at radius 3 is 2.85 bits per heavy atom. The van der Waals surface area contributed by atoms with Crippen LogP contribution in [0.5, 0.6) is 0 Å². The number of hydrogen-bond acceptors (Lipinski definition) is 3. The van der Waals surface area contributed by atoms with Crippen LogP contribution in [0, 0.1) is 4.77 Å². The van der Waals surface area contributed by atoms with Crippen LogP contribution in [0.4, 0.5) is 0 Å². The predicted octanol–water partition coefficient (Wildman–Crippen LogP) is 1.54. The maximum Gasteiger partial charge on any atom is 0.197 e. The van der Waals surface area contributed by atoms with Gasteiger partial charge < -0.3 is 4.98 Å². The lowest BCUT2D eigenvalue weighted by atomic mass is 10.3. The summed E-state index contributed by atoms with van der Waals surface area (Å²) in [4.78, 5) is 6.90. The molecule has 0 bridgehead atoms. The lowest BCUT2D eigenvalue weighted by molar-refractivity contribution is 0.772. The zero-order valence-electron chi connectivity index (χ0n) is 7.06. The van der Waals surface area contributed by atoms with Crippen LogP contribution in [-0.4, -0.2) is 19.7 Å². The van der Waals surface area contributed by atoms with Crippen LogP contribution in [0.25, 0.3) is 11.4 Å². The minimum Gasteiger partial charge on any atom is -0.329 e. The number of H-pyrrole nitrogens is 1. The average molecular weight is 192 g/mol. The van der Waals surface area contributed by atoms with Crippen molar-refractivity contribution in [2.75, 3.05) is 0 Å². The highest BCUT2D eigenvalue weighted by Crippen LogP contribution is 2.13. The summed E-state index contributed by atoms with van der Waals surface area (Å²) in [6.45, 7) is 0. The van der Waals surface area contributed by atoms with Gasteiger partial charge in [-0.15, -0.1) is 0 Å². The molecule has 0 unspecified atom stereocenters. The van der Waals surface area contributed by atoms with Crippen LogP contribution < -0.4 is 0 Å². The highest BCUT2D eigenvalue weighted by Gasteiger charge is 2.01. The molecule has 2 heterocycles. The summed E-state index contributed by atoms with van der Waals surface area (Å²) in [5.41, 5.74) is 1.92. The van der Waals surface area contributed by atoms with Gasteiger partial charge in [-0.1, -0.05) is 0 Å². The summed E-state index contributed by atoms with van der Waals surface area (Å²) in [5, 5.41) is 4.06. The summed E-state index contributed by atoms with van der Waals surface area (Å²) in [7, 11) is 1.88. The smallest absolute Gasteiger partial charge is 0.197 e. The zero-order chi connectivity index (χ0) is 9.26. The maximum absolute atomic E-state index is 4.92. The van der Waals surface area contributed by atoms with E-state index in [0.717, 1.165) is 11.4 Å². The van der Waals surface area contributed by atoms with Gasteiger partial charge in [0.05, 0.1) is 11.4 Å². The van der Waals surface area contributed by atoms with E-state index in [0.29, 0.717) is 4.77 Å². The maximum atomic E-state index is 4.92. The Kier molecular flexibility index (Phi) is 1.94. The number of nitrogens with zero attached hydrogens (tertiary/aromatic N) is 3. The third-order valence-electron chi connectivity index (χ3n) is 1.77. The Morgan fingerprint density at radius 1 is 1.38 bits per heavy atom. The molecule has 13 heavy (non-hydrogen) atoms. The zero-order valence-corrected chi connectivity index (χ0v) is 7.88. The number of nitrogens with one attached hydrogen (secondary N) is 1. The van der Waals surface area contributed by atoms with Gasteiger partial charge in [-0.2, -0.15) is 5.10 Å². The van der Waals surface area contributed by atoms with Crippen molar-refractivity contribution in [1.29, 1.82) is 0 Å². The van der Waals surface area contributed by atoms with Crippen LogP contribution in [0.3, 0.4) is 0 Å². The van der Waals surface area contributed by atoms with Crippen molar-refractivity contribution in [2.24, 2.45) is 7.05 Å². The summed E-state index contributed by atoms with van der Waals surface area (Å²) in [5.74, 6) is 0. The topological polar surface area (TPSA) is 46.5 Å². The van der Waals surface area contributed by atoms with Gasteiger partial charge in [0.15, 0.2) is 4.77 Å². The largest absolute Gasteiger partial charge is 0.329 e. The first kappa shape index (κ1) is 8.12. The normalized spacial score (nSPS) is 10.2. The van der Waals surface area contributed by atoms with Gasteiger partial charge in [-0.05, 0) is 24.4 Å². The number of rotatable bonds is 1. The molecule has 0 spiro atoms. The Balaban J connectivity index is 2.59. The molecule has 0 aliphatic heterocycles. The molecule has 0 aliphatic rings. The molecule has 4 nitrogen and oxygen atoms in total. The van der Waals surface area contributed by atoms with E-state index in [2.05, 4.69) is 15.1 Å². The number of aromatic amines is 1. The highest BCUT2D eigenvalue weighted by molar-refractivity contribution is 7.71. The second kappa shape index (κ2) is 3.10. The SMILES string of the molecule is Cn1nccc1-c1ccnc(=S)[nH]1. The second-order valence-electron chi connectivity index (χ2n) is 2.63. The van der Waals surface area contributed by atoms with E-state index in [1.165, 1.54) is 0 Å². The van der Waals surface area contributed by atoms with E-state index in [1.807, 2.05) is 19.2 Å². The van der Waals surface area contributed by atoms with Crippen molar-refractivity contribution in [3.05, 3.63) is 29.3 Å². The van der Waals surface area contributed by atoms with Gasteiger partial charge >= 0.3 is 0 Å². The van der Waals surface area contributed by atoms with Crippen LogP contribution in [0.2, 0.25) is 0 Å². The molecular weight excluding hydrogens is 184 g/mol. The lowest BCUT2D eigenvalue weighted by Crippen LogP contribution is -1.95. The Labute approximate surface area is 80.3 Å². The molecule has 0 atom stereocenters. The molecule has 5 heteroatoms. The van der Waals surface area contributed by atoms with Gasteiger partial charge in [0.25, 0.3) is 0 Å². The molecule has 66 valence electrons. The van der Waals surface area contributed by atoms with E-state index in [4.69, 9.17) is 12.2 Å². The fourth-order valence-electron chi connectivity index (χ4n) is 1.16. The highest BCUT2D eigenvalue weighted by atomic mass is 32.1. The fraction of sp³-hybridized carbons (Fsp3) is 0.125. The molecule has 0 radical (unpaired) electrons. The summed E-state index contributed by atoms with van der Waals surface area (Å²) in [6.07, 6.45) is 3.42. The molecule has 2 rings (SSSR count). The van der Waals surface area contributed by atoms with Crippen molar-refractivity contribution in [3.63, 3.8) is 0 Å². The van der Waals surface area contributed by atoms with Crippen molar-refractivity contribution >= 4 is 12.2 Å². The molecule has 0 amide bonds. The Hall–Kier alpha value is -1.49. The first-order chi connectivity index (χ1) is 6.27. The third kappa shape index (κ3) is 1.50. The van der Waals surface area contributed by atoms with Crippen LogP contribution in [-0.2, 0) is 7.05 Å². The fourth-order valence-corrected chi connectivity index (χ4v) is 1.33. The van der Waals surface area contributed by atoms with Gasteiger partial charge in [0.2, 0.25) is 0 Å². The minimum atomic E-state index is 0.485.